The molecule has 1 unspecified atom stereocenters. The number of hydrogen-bond acceptors (Lipinski definition) is 3. The topological polar surface area (TPSA) is 67.4 Å². The van der Waals surface area contributed by atoms with Crippen LogP contribution in [0.25, 0.3) is 0 Å². The van der Waals surface area contributed by atoms with Gasteiger partial charge in [0.1, 0.15) is 5.75 Å². The summed E-state index contributed by atoms with van der Waals surface area (Å²) in [5.41, 5.74) is 1.17. The average molecular weight is 327 g/mol. The number of nitrogens with one attached hydrogen (secondary N) is 2. The Morgan fingerprint density at radius 2 is 2.16 bits per heavy atom. The molecular weight excluding hydrogens is 312 g/mol. The Bertz CT molecular complexity index is 537. The molecule has 0 aromatic heterocycles. The van der Waals surface area contributed by atoms with Gasteiger partial charge in [-0.1, -0.05) is 15.9 Å². The van der Waals surface area contributed by atoms with Crippen molar-refractivity contribution in [1.29, 1.82) is 0 Å². The van der Waals surface area contributed by atoms with E-state index in [4.69, 9.17) is 4.74 Å². The summed E-state index contributed by atoms with van der Waals surface area (Å²) in [4.78, 5) is 23.4. The van der Waals surface area contributed by atoms with Crippen LogP contribution >= 0.6 is 15.9 Å². The van der Waals surface area contributed by atoms with Gasteiger partial charge >= 0.3 is 0 Å². The summed E-state index contributed by atoms with van der Waals surface area (Å²) in [7, 11) is 0. The highest BCUT2D eigenvalue weighted by Crippen LogP contribution is 2.32. The standard InChI is InChI=1S/C13H15BrN2O3/c1-7-11(17)16-9-6-8(4-5-10(9)19-7)15-12(18)13(2,3)14/h4-7H,1-3H3,(H,15,18)(H,16,17). The molecular formula is C13H15BrN2O3. The summed E-state index contributed by atoms with van der Waals surface area (Å²) >= 11 is 3.29. The van der Waals surface area contributed by atoms with E-state index in [2.05, 4.69) is 26.6 Å². The number of carbonyl (C=O) groups is 2. The van der Waals surface area contributed by atoms with Crippen LogP contribution in [0.2, 0.25) is 0 Å². The van der Waals surface area contributed by atoms with Crippen LogP contribution in [0.1, 0.15) is 20.8 Å². The number of benzene rings is 1. The first-order valence-corrected chi connectivity index (χ1v) is 6.68. The van der Waals surface area contributed by atoms with Gasteiger partial charge in [0.15, 0.2) is 6.10 Å². The number of anilines is 2. The van der Waals surface area contributed by atoms with Crippen molar-refractivity contribution in [3.8, 4) is 5.75 Å². The lowest BCUT2D eigenvalue weighted by Gasteiger charge is -2.24. The molecule has 2 amide bonds. The molecule has 19 heavy (non-hydrogen) atoms. The normalized spacial score (nSPS) is 18.1. The van der Waals surface area contributed by atoms with Gasteiger partial charge in [0.05, 0.1) is 10.0 Å². The first-order chi connectivity index (χ1) is 8.77. The van der Waals surface area contributed by atoms with E-state index >= 15 is 0 Å². The molecule has 0 spiro atoms. The predicted molar refractivity (Wildman–Crippen MR) is 76.8 cm³/mol. The van der Waals surface area contributed by atoms with E-state index in [0.717, 1.165) is 0 Å². The van der Waals surface area contributed by atoms with E-state index in [9.17, 15) is 9.59 Å². The van der Waals surface area contributed by atoms with Gasteiger partial charge in [-0.05, 0) is 39.0 Å². The molecule has 0 aliphatic carbocycles. The van der Waals surface area contributed by atoms with Crippen molar-refractivity contribution in [2.45, 2.75) is 31.2 Å². The third-order valence-corrected chi connectivity index (χ3v) is 3.07. The van der Waals surface area contributed by atoms with E-state index in [0.29, 0.717) is 17.1 Å². The lowest BCUT2D eigenvalue weighted by molar-refractivity contribution is -0.122. The highest BCUT2D eigenvalue weighted by molar-refractivity contribution is 9.10. The Morgan fingerprint density at radius 1 is 1.47 bits per heavy atom. The third kappa shape index (κ3) is 3.07. The quantitative estimate of drug-likeness (QED) is 0.820. The minimum absolute atomic E-state index is 0.163. The molecule has 5 nitrogen and oxygen atoms in total. The molecule has 1 aliphatic rings. The third-order valence-electron chi connectivity index (χ3n) is 2.71. The fourth-order valence-electron chi connectivity index (χ4n) is 1.57. The van der Waals surface area contributed by atoms with Gasteiger partial charge < -0.3 is 15.4 Å². The molecule has 2 N–H and O–H groups in total. The van der Waals surface area contributed by atoms with E-state index in [-0.39, 0.29) is 11.8 Å². The molecule has 0 radical (unpaired) electrons. The van der Waals surface area contributed by atoms with Gasteiger partial charge in [-0.15, -0.1) is 0 Å². The highest BCUT2D eigenvalue weighted by atomic mass is 79.9. The monoisotopic (exact) mass is 326 g/mol. The summed E-state index contributed by atoms with van der Waals surface area (Å²) in [6.45, 7) is 5.20. The minimum atomic E-state index is -0.656. The zero-order valence-corrected chi connectivity index (χ0v) is 12.5. The number of fused-ring (bicyclic) bond motifs is 1. The average Bonchev–Trinajstić information content (AvgIpc) is 2.29. The fourth-order valence-corrected chi connectivity index (χ4v) is 1.67. The van der Waals surface area contributed by atoms with Crippen LogP contribution in [-0.4, -0.2) is 22.2 Å². The number of amides is 2. The molecule has 0 bridgehead atoms. The van der Waals surface area contributed by atoms with Crippen molar-refractivity contribution >= 4 is 39.1 Å². The first-order valence-electron chi connectivity index (χ1n) is 5.89. The Balaban J connectivity index is 2.20. The fraction of sp³-hybridized carbons (Fsp3) is 0.385. The van der Waals surface area contributed by atoms with Gasteiger partial charge in [-0.25, -0.2) is 0 Å². The largest absolute Gasteiger partial charge is 0.479 e. The van der Waals surface area contributed by atoms with Crippen LogP contribution in [0.3, 0.4) is 0 Å². The molecule has 1 aliphatic heterocycles. The van der Waals surface area contributed by atoms with Gasteiger partial charge in [-0.2, -0.15) is 0 Å². The molecule has 102 valence electrons. The van der Waals surface area contributed by atoms with Gasteiger partial charge in [0, 0.05) is 5.69 Å². The van der Waals surface area contributed by atoms with E-state index < -0.39 is 10.4 Å². The number of rotatable bonds is 2. The zero-order valence-electron chi connectivity index (χ0n) is 10.9. The van der Waals surface area contributed by atoms with Crippen molar-refractivity contribution in [1.82, 2.24) is 0 Å². The van der Waals surface area contributed by atoms with Crippen molar-refractivity contribution in [3.05, 3.63) is 18.2 Å². The van der Waals surface area contributed by atoms with Crippen molar-refractivity contribution in [2.75, 3.05) is 10.6 Å². The molecule has 0 saturated heterocycles. The summed E-state index contributed by atoms with van der Waals surface area (Å²) in [6, 6.07) is 5.14. The maximum absolute atomic E-state index is 11.8. The molecule has 2 rings (SSSR count). The van der Waals surface area contributed by atoms with Crippen LogP contribution in [0.15, 0.2) is 18.2 Å². The second kappa shape index (κ2) is 4.85. The van der Waals surface area contributed by atoms with E-state index in [1.165, 1.54) is 0 Å². The van der Waals surface area contributed by atoms with E-state index in [1.807, 2.05) is 0 Å². The Kier molecular flexibility index (Phi) is 3.54. The second-order valence-electron chi connectivity index (χ2n) is 4.89. The molecule has 0 saturated carbocycles. The number of alkyl halides is 1. The molecule has 1 heterocycles. The first kappa shape index (κ1) is 13.9. The van der Waals surface area contributed by atoms with Crippen LogP contribution < -0.4 is 15.4 Å². The van der Waals surface area contributed by atoms with Crippen molar-refractivity contribution in [3.63, 3.8) is 0 Å². The summed E-state index contributed by atoms with van der Waals surface area (Å²) in [5.74, 6) is 0.240. The summed E-state index contributed by atoms with van der Waals surface area (Å²) in [6.07, 6.45) is -0.505. The SMILES string of the molecule is CC1Oc2ccc(NC(=O)C(C)(C)Br)cc2NC1=O. The number of ether oxygens (including phenoxy) is 1. The summed E-state index contributed by atoms with van der Waals surface area (Å²) < 4.78 is 4.78. The predicted octanol–water partition coefficient (Wildman–Crippen LogP) is 2.52. The summed E-state index contributed by atoms with van der Waals surface area (Å²) in [5, 5.41) is 5.50. The van der Waals surface area contributed by atoms with Gasteiger partial charge in [0.2, 0.25) is 5.91 Å². The lowest BCUT2D eigenvalue weighted by atomic mass is 10.1. The van der Waals surface area contributed by atoms with Crippen LogP contribution in [0.4, 0.5) is 11.4 Å². The number of halogens is 1. The number of hydrogen-bond donors (Lipinski definition) is 2. The Labute approximate surface area is 119 Å². The maximum atomic E-state index is 11.8. The number of carbonyl (C=O) groups excluding carboxylic acids is 2. The van der Waals surface area contributed by atoms with Crippen LogP contribution in [-0.2, 0) is 9.59 Å². The molecule has 6 heteroatoms. The molecule has 1 aromatic carbocycles. The molecule has 0 fully saturated rings. The van der Waals surface area contributed by atoms with Crippen LogP contribution in [0, 0.1) is 0 Å². The maximum Gasteiger partial charge on any atom is 0.265 e. The molecule has 1 atom stereocenters. The van der Waals surface area contributed by atoms with E-state index in [1.54, 1.807) is 39.0 Å². The van der Waals surface area contributed by atoms with Gasteiger partial charge in [-0.3, -0.25) is 9.59 Å². The van der Waals surface area contributed by atoms with Crippen molar-refractivity contribution < 1.29 is 14.3 Å². The molecule has 1 aromatic rings. The second-order valence-corrected chi connectivity index (χ2v) is 6.87. The Hall–Kier alpha value is -1.56. The zero-order chi connectivity index (χ0) is 14.2. The Morgan fingerprint density at radius 3 is 2.79 bits per heavy atom. The minimum Gasteiger partial charge on any atom is -0.479 e. The smallest absolute Gasteiger partial charge is 0.265 e. The van der Waals surface area contributed by atoms with Crippen LogP contribution in [0.5, 0.6) is 5.75 Å². The van der Waals surface area contributed by atoms with Crippen molar-refractivity contribution in [2.24, 2.45) is 0 Å². The van der Waals surface area contributed by atoms with Gasteiger partial charge in [0.25, 0.3) is 5.91 Å². The lowest BCUT2D eigenvalue weighted by Crippen LogP contribution is -2.34. The highest BCUT2D eigenvalue weighted by Gasteiger charge is 2.26.